The molecule has 2 aliphatic rings. The smallest absolute Gasteiger partial charge is 0.260 e. The molecule has 1 atom stereocenters. The number of rotatable bonds is 6. The van der Waals surface area contributed by atoms with Crippen LogP contribution in [-0.4, -0.2) is 60.4 Å². The Morgan fingerprint density at radius 2 is 1.61 bits per heavy atom. The molecule has 5 rings (SSSR count). The summed E-state index contributed by atoms with van der Waals surface area (Å²) in [6.07, 6.45) is -0.420. The van der Waals surface area contributed by atoms with Gasteiger partial charge in [-0.2, -0.15) is 0 Å². The SMILES string of the molecule is CCN1CCN(c2ccc(NC3N=c4c(cc(-c5cc(F)cc(F)c5)c(=O)n4CC)=C(C)N3C)cc2)CC1. The molecule has 9 heteroatoms. The number of nitrogens with zero attached hydrogens (tertiary/aromatic N) is 5. The van der Waals surface area contributed by atoms with Crippen LogP contribution in [-0.2, 0) is 6.54 Å². The van der Waals surface area contributed by atoms with E-state index < -0.39 is 17.9 Å². The first kappa shape index (κ1) is 25.9. The fourth-order valence-corrected chi connectivity index (χ4v) is 5.22. The first-order chi connectivity index (χ1) is 18.3. The van der Waals surface area contributed by atoms with E-state index in [1.54, 1.807) is 10.6 Å². The normalized spacial score (nSPS) is 17.8. The largest absolute Gasteiger partial charge is 0.369 e. The minimum absolute atomic E-state index is 0.212. The van der Waals surface area contributed by atoms with Gasteiger partial charge >= 0.3 is 0 Å². The first-order valence-electron chi connectivity index (χ1n) is 13.1. The number of fused-ring (bicyclic) bond motifs is 1. The van der Waals surface area contributed by atoms with E-state index >= 15 is 0 Å². The molecule has 3 heterocycles. The lowest BCUT2D eigenvalue weighted by molar-refractivity contribution is 0.271. The molecule has 3 aromatic rings. The van der Waals surface area contributed by atoms with Gasteiger partial charge < -0.3 is 20.0 Å². The van der Waals surface area contributed by atoms with Crippen LogP contribution in [0.15, 0.2) is 58.3 Å². The summed E-state index contributed by atoms with van der Waals surface area (Å²) in [6.45, 7) is 11.7. The number of nitrogens with one attached hydrogen (secondary N) is 1. The van der Waals surface area contributed by atoms with E-state index in [0.717, 1.165) is 55.4 Å². The van der Waals surface area contributed by atoms with Crippen molar-refractivity contribution in [1.82, 2.24) is 14.4 Å². The number of likely N-dealkylation sites (N-methyl/N-ethyl adjacent to an activating group) is 1. The predicted octanol–water partition coefficient (Wildman–Crippen LogP) is 3.04. The zero-order chi connectivity index (χ0) is 27.0. The Morgan fingerprint density at radius 1 is 0.947 bits per heavy atom. The molecule has 1 fully saturated rings. The molecule has 7 nitrogen and oxygen atoms in total. The first-order valence-corrected chi connectivity index (χ1v) is 13.1. The fourth-order valence-electron chi connectivity index (χ4n) is 5.22. The number of anilines is 2. The molecule has 2 aromatic carbocycles. The molecule has 0 spiro atoms. The van der Waals surface area contributed by atoms with Gasteiger partial charge in [0.2, 0.25) is 0 Å². The van der Waals surface area contributed by atoms with Gasteiger partial charge in [-0.25, -0.2) is 13.8 Å². The Hall–Kier alpha value is -3.72. The van der Waals surface area contributed by atoms with Gasteiger partial charge in [-0.3, -0.25) is 9.36 Å². The number of halogens is 2. The lowest BCUT2D eigenvalue weighted by Crippen LogP contribution is -2.53. The van der Waals surface area contributed by atoms with E-state index in [4.69, 9.17) is 4.99 Å². The van der Waals surface area contributed by atoms with Crippen molar-refractivity contribution in [2.24, 2.45) is 4.99 Å². The Labute approximate surface area is 221 Å². The molecule has 1 unspecified atom stereocenters. The van der Waals surface area contributed by atoms with Crippen molar-refractivity contribution in [2.45, 2.75) is 33.6 Å². The summed E-state index contributed by atoms with van der Waals surface area (Å²) < 4.78 is 29.4. The fraction of sp³-hybridized carbons (Fsp3) is 0.379. The van der Waals surface area contributed by atoms with E-state index in [0.29, 0.717) is 12.0 Å². The van der Waals surface area contributed by atoms with Crippen molar-refractivity contribution in [3.05, 3.63) is 81.2 Å². The molecule has 38 heavy (non-hydrogen) atoms. The summed E-state index contributed by atoms with van der Waals surface area (Å²) in [5.74, 6) is -1.44. The van der Waals surface area contributed by atoms with Crippen molar-refractivity contribution in [3.63, 3.8) is 0 Å². The molecule has 0 bridgehead atoms. The second kappa shape index (κ2) is 10.6. The number of pyridine rings is 1. The molecule has 1 N–H and O–H groups in total. The monoisotopic (exact) mass is 520 g/mol. The van der Waals surface area contributed by atoms with Crippen molar-refractivity contribution in [2.75, 3.05) is 50.0 Å². The molecule has 0 aliphatic carbocycles. The minimum atomic E-state index is -0.721. The average Bonchev–Trinajstić information content (AvgIpc) is 2.91. The van der Waals surface area contributed by atoms with Crippen molar-refractivity contribution < 1.29 is 8.78 Å². The van der Waals surface area contributed by atoms with Gasteiger partial charge in [-0.1, -0.05) is 6.92 Å². The van der Waals surface area contributed by atoms with Crippen LogP contribution < -0.4 is 26.5 Å². The highest BCUT2D eigenvalue weighted by molar-refractivity contribution is 5.64. The number of hydrogen-bond acceptors (Lipinski definition) is 6. The van der Waals surface area contributed by atoms with E-state index in [2.05, 4.69) is 46.3 Å². The predicted molar refractivity (Wildman–Crippen MR) is 148 cm³/mol. The number of aromatic nitrogens is 1. The van der Waals surface area contributed by atoms with Crippen LogP contribution in [0.2, 0.25) is 0 Å². The van der Waals surface area contributed by atoms with Crippen LogP contribution in [0.4, 0.5) is 20.2 Å². The second-order valence-electron chi connectivity index (χ2n) is 9.81. The molecule has 0 radical (unpaired) electrons. The van der Waals surface area contributed by atoms with Crippen LogP contribution in [0.5, 0.6) is 0 Å². The summed E-state index contributed by atoms with van der Waals surface area (Å²) in [6, 6.07) is 13.2. The number of benzene rings is 2. The molecule has 200 valence electrons. The highest BCUT2D eigenvalue weighted by atomic mass is 19.1. The van der Waals surface area contributed by atoms with E-state index in [9.17, 15) is 13.6 Å². The topological polar surface area (TPSA) is 56.1 Å². The summed E-state index contributed by atoms with van der Waals surface area (Å²) >= 11 is 0. The molecule has 2 aliphatic heterocycles. The number of hydrogen-bond donors (Lipinski definition) is 1. The molecule has 0 amide bonds. The lowest BCUT2D eigenvalue weighted by Gasteiger charge is -2.35. The highest BCUT2D eigenvalue weighted by Crippen LogP contribution is 2.22. The maximum Gasteiger partial charge on any atom is 0.260 e. The van der Waals surface area contributed by atoms with Crippen LogP contribution in [0.25, 0.3) is 16.8 Å². The number of piperazine rings is 1. The summed E-state index contributed by atoms with van der Waals surface area (Å²) in [5, 5.41) is 4.24. The summed E-state index contributed by atoms with van der Waals surface area (Å²) in [5.41, 5.74) is 3.71. The minimum Gasteiger partial charge on any atom is -0.369 e. The maximum absolute atomic E-state index is 13.9. The van der Waals surface area contributed by atoms with Gasteiger partial charge in [0.05, 0.1) is 0 Å². The van der Waals surface area contributed by atoms with Crippen molar-refractivity contribution in [1.29, 1.82) is 0 Å². The van der Waals surface area contributed by atoms with Crippen molar-refractivity contribution >= 4 is 17.1 Å². The highest BCUT2D eigenvalue weighted by Gasteiger charge is 2.22. The van der Waals surface area contributed by atoms with E-state index in [1.807, 2.05) is 25.8 Å². The van der Waals surface area contributed by atoms with E-state index in [-0.39, 0.29) is 16.7 Å². The van der Waals surface area contributed by atoms with Crippen molar-refractivity contribution in [3.8, 4) is 11.1 Å². The van der Waals surface area contributed by atoms with Crippen LogP contribution in [0, 0.1) is 11.6 Å². The average molecular weight is 521 g/mol. The quantitative estimate of drug-likeness (QED) is 0.542. The third kappa shape index (κ3) is 4.90. The summed E-state index contributed by atoms with van der Waals surface area (Å²) in [4.78, 5) is 25.1. The standard InChI is InChI=1S/C29H34F2N6O/c1-5-35-11-13-36(14-12-35)24-9-7-23(8-10-24)32-29-33-27-25(19(3)34(29)4)18-26(28(38)37(27)6-2)20-15-21(30)17-22(31)16-20/h7-10,15-18,29,32H,5-6,11-14H2,1-4H3. The molecule has 1 aromatic heterocycles. The Balaban J connectivity index is 1.46. The Morgan fingerprint density at radius 3 is 2.21 bits per heavy atom. The molecule has 1 saturated heterocycles. The van der Waals surface area contributed by atoms with Gasteiger partial charge in [0.15, 0.2) is 6.29 Å². The van der Waals surface area contributed by atoms with Crippen LogP contribution in [0.1, 0.15) is 20.8 Å². The van der Waals surface area contributed by atoms with Crippen LogP contribution in [0.3, 0.4) is 0 Å². The summed E-state index contributed by atoms with van der Waals surface area (Å²) in [7, 11) is 1.93. The van der Waals surface area contributed by atoms with Gasteiger partial charge in [0.1, 0.15) is 17.1 Å². The lowest BCUT2D eigenvalue weighted by atomic mass is 10.1. The molecular formula is C29H34F2N6O. The molecular weight excluding hydrogens is 486 g/mol. The third-order valence-corrected chi connectivity index (χ3v) is 7.63. The van der Waals surface area contributed by atoms with Gasteiger partial charge in [0, 0.05) is 73.7 Å². The molecule has 0 saturated carbocycles. The van der Waals surface area contributed by atoms with E-state index in [1.165, 1.54) is 17.8 Å². The zero-order valence-corrected chi connectivity index (χ0v) is 22.3. The zero-order valence-electron chi connectivity index (χ0n) is 22.3. The van der Waals surface area contributed by atoms with Gasteiger partial charge in [-0.15, -0.1) is 0 Å². The van der Waals surface area contributed by atoms with Gasteiger partial charge in [0.25, 0.3) is 5.56 Å². The second-order valence-corrected chi connectivity index (χ2v) is 9.81. The Kier molecular flexibility index (Phi) is 7.21. The maximum atomic E-state index is 13.9. The van der Waals surface area contributed by atoms with Crippen LogP contribution >= 0.6 is 0 Å². The van der Waals surface area contributed by atoms with Gasteiger partial charge in [-0.05, 0) is 68.4 Å². The third-order valence-electron chi connectivity index (χ3n) is 7.63. The Bertz CT molecular complexity index is 1490.